The van der Waals surface area contributed by atoms with Gasteiger partial charge in [0, 0.05) is 17.5 Å². The van der Waals surface area contributed by atoms with E-state index in [0.717, 1.165) is 22.6 Å². The summed E-state index contributed by atoms with van der Waals surface area (Å²) < 4.78 is 12.8. The van der Waals surface area contributed by atoms with Gasteiger partial charge in [0.15, 0.2) is 0 Å². The minimum absolute atomic E-state index is 0. The van der Waals surface area contributed by atoms with Gasteiger partial charge in [-0.05, 0) is 42.0 Å². The summed E-state index contributed by atoms with van der Waals surface area (Å²) in [5.41, 5.74) is 7.13. The Bertz CT molecular complexity index is 640. The summed E-state index contributed by atoms with van der Waals surface area (Å²) in [5, 5.41) is 2.94. The molecule has 3 nitrogen and oxygen atoms in total. The molecule has 0 fully saturated rings. The van der Waals surface area contributed by atoms with Crippen LogP contribution in [0.4, 0.5) is 4.39 Å². The number of hydrogen-bond donors (Lipinski definition) is 2. The van der Waals surface area contributed by atoms with Crippen LogP contribution >= 0.6 is 24.2 Å². The van der Waals surface area contributed by atoms with E-state index in [-0.39, 0.29) is 36.1 Å². The molecular weight excluding hydrogens is 359 g/mol. The summed E-state index contributed by atoms with van der Waals surface area (Å²) in [7, 11) is 0. The molecule has 25 heavy (non-hydrogen) atoms. The second kappa shape index (κ2) is 11.1. The maximum Gasteiger partial charge on any atom is 0.224 e. The summed E-state index contributed by atoms with van der Waals surface area (Å²) in [4.78, 5) is 13.2. The molecule has 0 aliphatic heterocycles. The fourth-order valence-electron chi connectivity index (χ4n) is 2.29. The van der Waals surface area contributed by atoms with Gasteiger partial charge in [-0.15, -0.1) is 24.2 Å². The first kappa shape index (κ1) is 21.5. The van der Waals surface area contributed by atoms with Gasteiger partial charge in [0.2, 0.25) is 5.91 Å². The third-order valence-corrected chi connectivity index (χ3v) is 4.94. The molecule has 0 heterocycles. The van der Waals surface area contributed by atoms with Crippen LogP contribution in [-0.2, 0) is 4.79 Å². The number of rotatable bonds is 8. The van der Waals surface area contributed by atoms with Gasteiger partial charge in [-0.3, -0.25) is 4.79 Å². The van der Waals surface area contributed by atoms with Gasteiger partial charge < -0.3 is 11.1 Å². The van der Waals surface area contributed by atoms with E-state index in [9.17, 15) is 9.18 Å². The first-order valence-electron chi connectivity index (χ1n) is 8.04. The molecule has 0 saturated carbocycles. The van der Waals surface area contributed by atoms with E-state index in [4.69, 9.17) is 5.73 Å². The highest BCUT2D eigenvalue weighted by atomic mass is 35.5. The topological polar surface area (TPSA) is 55.1 Å². The van der Waals surface area contributed by atoms with E-state index >= 15 is 0 Å². The largest absolute Gasteiger partial charge is 0.356 e. The monoisotopic (exact) mass is 382 g/mol. The van der Waals surface area contributed by atoms with Crippen molar-refractivity contribution in [1.82, 2.24) is 5.32 Å². The molecular formula is C19H24ClFN2OS. The normalized spacial score (nSPS) is 12.8. The molecule has 0 saturated heterocycles. The summed E-state index contributed by atoms with van der Waals surface area (Å²) in [5.74, 6) is 0.330. The summed E-state index contributed by atoms with van der Waals surface area (Å²) in [6.45, 7) is 2.46. The Morgan fingerprint density at radius 3 is 2.44 bits per heavy atom. The smallest absolute Gasteiger partial charge is 0.224 e. The lowest BCUT2D eigenvalue weighted by Gasteiger charge is -2.19. The number of thioether (sulfide) groups is 1. The quantitative estimate of drug-likeness (QED) is 0.532. The van der Waals surface area contributed by atoms with Crippen LogP contribution in [0.2, 0.25) is 0 Å². The zero-order valence-corrected chi connectivity index (χ0v) is 15.8. The molecule has 0 radical (unpaired) electrons. The van der Waals surface area contributed by atoms with Gasteiger partial charge >= 0.3 is 0 Å². The van der Waals surface area contributed by atoms with E-state index < -0.39 is 0 Å². The lowest BCUT2D eigenvalue weighted by Crippen LogP contribution is -2.36. The van der Waals surface area contributed by atoms with Crippen molar-refractivity contribution in [2.75, 3.05) is 12.3 Å². The number of nitrogens with two attached hydrogens (primary N) is 1. The molecule has 0 aromatic heterocycles. The van der Waals surface area contributed by atoms with Crippen molar-refractivity contribution >= 4 is 30.1 Å². The number of carbonyl (C=O) groups is 1. The van der Waals surface area contributed by atoms with E-state index in [1.807, 2.05) is 37.3 Å². The molecule has 136 valence electrons. The van der Waals surface area contributed by atoms with Crippen molar-refractivity contribution < 1.29 is 9.18 Å². The van der Waals surface area contributed by atoms with Crippen molar-refractivity contribution in [1.29, 1.82) is 0 Å². The van der Waals surface area contributed by atoms with Crippen LogP contribution in [0.3, 0.4) is 0 Å². The maximum absolute atomic E-state index is 12.8. The zero-order chi connectivity index (χ0) is 17.4. The highest BCUT2D eigenvalue weighted by Crippen LogP contribution is 2.20. The Kier molecular flexibility index (Phi) is 9.57. The minimum Gasteiger partial charge on any atom is -0.356 e. The van der Waals surface area contributed by atoms with Crippen LogP contribution in [0.15, 0.2) is 59.5 Å². The molecule has 6 heteroatoms. The van der Waals surface area contributed by atoms with Crippen LogP contribution in [0.25, 0.3) is 0 Å². The molecule has 0 spiro atoms. The van der Waals surface area contributed by atoms with Gasteiger partial charge in [0.25, 0.3) is 0 Å². The maximum atomic E-state index is 12.8. The molecule has 2 aromatic carbocycles. The Morgan fingerprint density at radius 2 is 1.80 bits per heavy atom. The molecule has 0 bridgehead atoms. The molecule has 2 atom stereocenters. The Labute approximate surface area is 159 Å². The number of nitrogens with one attached hydrogen (secondary N) is 1. The average molecular weight is 383 g/mol. The molecule has 0 aliphatic carbocycles. The van der Waals surface area contributed by atoms with Gasteiger partial charge in [-0.25, -0.2) is 4.39 Å². The summed E-state index contributed by atoms with van der Waals surface area (Å²) >= 11 is 1.65. The fraction of sp³-hybridized carbons (Fsp3) is 0.316. The van der Waals surface area contributed by atoms with Crippen LogP contribution < -0.4 is 11.1 Å². The van der Waals surface area contributed by atoms with Gasteiger partial charge in [-0.2, -0.15) is 0 Å². The van der Waals surface area contributed by atoms with Crippen LogP contribution in [0.5, 0.6) is 0 Å². The lowest BCUT2D eigenvalue weighted by molar-refractivity contribution is -0.125. The van der Waals surface area contributed by atoms with E-state index in [0.29, 0.717) is 6.54 Å². The zero-order valence-electron chi connectivity index (χ0n) is 14.2. The first-order valence-corrected chi connectivity index (χ1v) is 9.03. The molecule has 0 aliphatic rings. The van der Waals surface area contributed by atoms with Crippen molar-refractivity contribution in [3.63, 3.8) is 0 Å². The molecule has 2 unspecified atom stereocenters. The summed E-state index contributed by atoms with van der Waals surface area (Å²) in [6, 6.07) is 15.8. The third-order valence-electron chi connectivity index (χ3n) is 3.84. The lowest BCUT2D eigenvalue weighted by atomic mass is 9.95. The first-order chi connectivity index (χ1) is 11.6. The highest BCUT2D eigenvalue weighted by Gasteiger charge is 2.21. The van der Waals surface area contributed by atoms with E-state index in [1.54, 1.807) is 23.9 Å². The van der Waals surface area contributed by atoms with Gasteiger partial charge in [0.1, 0.15) is 5.82 Å². The van der Waals surface area contributed by atoms with Crippen LogP contribution in [0.1, 0.15) is 24.9 Å². The standard InChI is InChI=1S/C19H23FN2OS.ClH/c1-14(18(21)15-6-3-2-4-7-15)19(23)22-12-5-13-24-17-10-8-16(20)9-11-17;/h2-4,6-11,14,18H,5,12-13,21H2,1H3,(H,22,23);1H. The number of benzene rings is 2. The predicted molar refractivity (Wildman–Crippen MR) is 105 cm³/mol. The van der Waals surface area contributed by atoms with E-state index in [1.165, 1.54) is 12.1 Å². The van der Waals surface area contributed by atoms with Crippen molar-refractivity contribution in [3.8, 4) is 0 Å². The van der Waals surface area contributed by atoms with Crippen molar-refractivity contribution in [3.05, 3.63) is 66.0 Å². The van der Waals surface area contributed by atoms with Gasteiger partial charge in [-0.1, -0.05) is 37.3 Å². The number of halogens is 2. The second-order valence-electron chi connectivity index (χ2n) is 5.67. The fourth-order valence-corrected chi connectivity index (χ4v) is 3.15. The molecule has 2 aromatic rings. The van der Waals surface area contributed by atoms with Crippen LogP contribution in [-0.4, -0.2) is 18.2 Å². The Morgan fingerprint density at radius 1 is 1.16 bits per heavy atom. The summed E-state index contributed by atoms with van der Waals surface area (Å²) in [6.07, 6.45) is 0.848. The van der Waals surface area contributed by atoms with E-state index in [2.05, 4.69) is 5.32 Å². The average Bonchev–Trinajstić information content (AvgIpc) is 2.62. The van der Waals surface area contributed by atoms with Gasteiger partial charge in [0.05, 0.1) is 5.92 Å². The Balaban J connectivity index is 0.00000312. The molecule has 2 rings (SSSR count). The highest BCUT2D eigenvalue weighted by molar-refractivity contribution is 7.99. The second-order valence-corrected chi connectivity index (χ2v) is 6.84. The van der Waals surface area contributed by atoms with Crippen LogP contribution in [0, 0.1) is 11.7 Å². The third kappa shape index (κ3) is 7.06. The van der Waals surface area contributed by atoms with Crippen molar-refractivity contribution in [2.24, 2.45) is 11.7 Å². The molecule has 3 N–H and O–H groups in total. The minimum atomic E-state index is -0.306. The molecule has 1 amide bonds. The number of hydrogen-bond acceptors (Lipinski definition) is 3. The SMILES string of the molecule is CC(C(=O)NCCCSc1ccc(F)cc1)C(N)c1ccccc1.Cl. The Hall–Kier alpha value is -1.56. The number of carbonyl (C=O) groups excluding carboxylic acids is 1. The van der Waals surface area contributed by atoms with Crippen molar-refractivity contribution in [2.45, 2.75) is 24.3 Å². The predicted octanol–water partition coefficient (Wildman–Crippen LogP) is 4.18. The number of amides is 1.